The molecule has 1 aliphatic rings. The van der Waals surface area contributed by atoms with Crippen LogP contribution in [0.2, 0.25) is 0 Å². The molecule has 2 unspecified atom stereocenters. The SMILES string of the molecule is COC(C(N)Cc1ccc(C(C)C)cc1)C1CCCCC1. The quantitative estimate of drug-likeness (QED) is 0.848. The predicted octanol–water partition coefficient (Wildman–Crippen LogP) is 4.28. The molecule has 0 aromatic heterocycles. The summed E-state index contributed by atoms with van der Waals surface area (Å²) in [7, 11) is 1.82. The second-order valence-corrected chi connectivity index (χ2v) is 6.86. The largest absolute Gasteiger partial charge is 0.380 e. The number of methoxy groups -OCH3 is 1. The van der Waals surface area contributed by atoms with E-state index in [1.54, 1.807) is 0 Å². The molecule has 1 aromatic carbocycles. The molecule has 2 rings (SSSR count). The molecule has 1 aliphatic carbocycles. The molecule has 1 saturated carbocycles. The third-order valence-corrected chi connectivity index (χ3v) is 4.93. The lowest BCUT2D eigenvalue weighted by atomic mass is 9.81. The maximum absolute atomic E-state index is 6.46. The molecule has 2 heteroatoms. The van der Waals surface area contributed by atoms with Crippen molar-refractivity contribution in [2.75, 3.05) is 7.11 Å². The molecule has 21 heavy (non-hydrogen) atoms. The van der Waals surface area contributed by atoms with Gasteiger partial charge in [-0.05, 0) is 42.2 Å². The Bertz CT molecular complexity index is 406. The highest BCUT2D eigenvalue weighted by Crippen LogP contribution is 2.29. The van der Waals surface area contributed by atoms with E-state index in [1.165, 1.54) is 43.2 Å². The Hall–Kier alpha value is -0.860. The van der Waals surface area contributed by atoms with E-state index in [-0.39, 0.29) is 12.1 Å². The maximum Gasteiger partial charge on any atom is 0.0753 e. The molecule has 2 atom stereocenters. The first-order valence-electron chi connectivity index (χ1n) is 8.49. The molecule has 0 saturated heterocycles. The Morgan fingerprint density at radius 3 is 2.24 bits per heavy atom. The van der Waals surface area contributed by atoms with Crippen molar-refractivity contribution in [3.05, 3.63) is 35.4 Å². The van der Waals surface area contributed by atoms with E-state index in [2.05, 4.69) is 38.1 Å². The van der Waals surface area contributed by atoms with Crippen molar-refractivity contribution in [3.8, 4) is 0 Å². The number of ether oxygens (including phenoxy) is 1. The second-order valence-electron chi connectivity index (χ2n) is 6.86. The van der Waals surface area contributed by atoms with E-state index in [1.807, 2.05) is 7.11 Å². The summed E-state index contributed by atoms with van der Waals surface area (Å²) < 4.78 is 5.76. The van der Waals surface area contributed by atoms with Crippen LogP contribution in [-0.4, -0.2) is 19.3 Å². The lowest BCUT2D eigenvalue weighted by Gasteiger charge is -2.33. The van der Waals surface area contributed by atoms with E-state index < -0.39 is 0 Å². The summed E-state index contributed by atoms with van der Waals surface area (Å²) >= 11 is 0. The van der Waals surface area contributed by atoms with E-state index in [0.29, 0.717) is 11.8 Å². The van der Waals surface area contributed by atoms with Crippen molar-refractivity contribution in [3.63, 3.8) is 0 Å². The van der Waals surface area contributed by atoms with Crippen LogP contribution in [0.3, 0.4) is 0 Å². The monoisotopic (exact) mass is 289 g/mol. The molecule has 0 radical (unpaired) electrons. The number of rotatable bonds is 6. The maximum atomic E-state index is 6.46. The Morgan fingerprint density at radius 1 is 1.10 bits per heavy atom. The van der Waals surface area contributed by atoms with E-state index >= 15 is 0 Å². The van der Waals surface area contributed by atoms with Gasteiger partial charge in [0.2, 0.25) is 0 Å². The van der Waals surface area contributed by atoms with Gasteiger partial charge in [-0.2, -0.15) is 0 Å². The fraction of sp³-hybridized carbons (Fsp3) is 0.684. The predicted molar refractivity (Wildman–Crippen MR) is 89.6 cm³/mol. The smallest absolute Gasteiger partial charge is 0.0753 e. The zero-order chi connectivity index (χ0) is 15.2. The van der Waals surface area contributed by atoms with Gasteiger partial charge in [0.25, 0.3) is 0 Å². The highest BCUT2D eigenvalue weighted by molar-refractivity contribution is 5.25. The topological polar surface area (TPSA) is 35.2 Å². The summed E-state index contributed by atoms with van der Waals surface area (Å²) in [5.41, 5.74) is 9.18. The Morgan fingerprint density at radius 2 is 1.71 bits per heavy atom. The normalized spacial score (nSPS) is 19.7. The van der Waals surface area contributed by atoms with Gasteiger partial charge in [-0.15, -0.1) is 0 Å². The molecular weight excluding hydrogens is 258 g/mol. The lowest BCUT2D eigenvalue weighted by Crippen LogP contribution is -2.43. The third-order valence-electron chi connectivity index (χ3n) is 4.93. The average Bonchev–Trinajstić information content (AvgIpc) is 2.49. The van der Waals surface area contributed by atoms with E-state index in [4.69, 9.17) is 10.5 Å². The number of hydrogen-bond acceptors (Lipinski definition) is 2. The highest BCUT2D eigenvalue weighted by atomic mass is 16.5. The Labute approximate surface area is 130 Å². The standard InChI is InChI=1S/C19H31NO/c1-14(2)16-11-9-15(10-12-16)13-18(20)19(21-3)17-7-5-4-6-8-17/h9-12,14,17-19H,4-8,13,20H2,1-3H3. The van der Waals surface area contributed by atoms with Gasteiger partial charge < -0.3 is 10.5 Å². The minimum atomic E-state index is 0.1000. The van der Waals surface area contributed by atoms with Gasteiger partial charge in [-0.25, -0.2) is 0 Å². The average molecular weight is 289 g/mol. The molecule has 0 amide bonds. The minimum Gasteiger partial charge on any atom is -0.380 e. The molecule has 0 bridgehead atoms. The number of nitrogens with two attached hydrogens (primary N) is 1. The summed E-state index contributed by atoms with van der Waals surface area (Å²) in [6, 6.07) is 9.01. The third kappa shape index (κ3) is 4.55. The Kier molecular flexibility index (Phi) is 6.25. The first kappa shape index (κ1) is 16.5. The van der Waals surface area contributed by atoms with Crippen LogP contribution in [0, 0.1) is 5.92 Å². The highest BCUT2D eigenvalue weighted by Gasteiger charge is 2.28. The zero-order valence-electron chi connectivity index (χ0n) is 13.8. The molecule has 0 aliphatic heterocycles. The Balaban J connectivity index is 1.96. The molecule has 2 N–H and O–H groups in total. The molecule has 2 nitrogen and oxygen atoms in total. The fourth-order valence-corrected chi connectivity index (χ4v) is 3.61. The zero-order valence-corrected chi connectivity index (χ0v) is 13.8. The van der Waals surface area contributed by atoms with E-state index in [9.17, 15) is 0 Å². The van der Waals surface area contributed by atoms with Crippen molar-refractivity contribution in [2.24, 2.45) is 11.7 Å². The van der Waals surface area contributed by atoms with Crippen LogP contribution in [0.5, 0.6) is 0 Å². The molecule has 1 aromatic rings. The van der Waals surface area contributed by atoms with Crippen molar-refractivity contribution in [2.45, 2.75) is 70.4 Å². The van der Waals surface area contributed by atoms with Crippen molar-refractivity contribution >= 4 is 0 Å². The van der Waals surface area contributed by atoms with Gasteiger partial charge in [0, 0.05) is 13.2 Å². The van der Waals surface area contributed by atoms with Crippen LogP contribution in [-0.2, 0) is 11.2 Å². The molecule has 0 heterocycles. The van der Waals surface area contributed by atoms with Crippen LogP contribution in [0.15, 0.2) is 24.3 Å². The van der Waals surface area contributed by atoms with Gasteiger partial charge in [-0.3, -0.25) is 0 Å². The molecule has 118 valence electrons. The van der Waals surface area contributed by atoms with E-state index in [0.717, 1.165) is 6.42 Å². The van der Waals surface area contributed by atoms with Crippen LogP contribution in [0.4, 0.5) is 0 Å². The summed E-state index contributed by atoms with van der Waals surface area (Å²) in [4.78, 5) is 0. The number of benzene rings is 1. The van der Waals surface area contributed by atoms with Crippen molar-refractivity contribution in [1.29, 1.82) is 0 Å². The summed E-state index contributed by atoms with van der Waals surface area (Å²) in [6.07, 6.45) is 7.71. The van der Waals surface area contributed by atoms with Crippen molar-refractivity contribution < 1.29 is 4.74 Å². The summed E-state index contributed by atoms with van der Waals surface area (Å²) in [5.74, 6) is 1.23. The van der Waals surface area contributed by atoms with Crippen molar-refractivity contribution in [1.82, 2.24) is 0 Å². The van der Waals surface area contributed by atoms with Crippen LogP contribution in [0.1, 0.15) is 63.0 Å². The molecular formula is C19H31NO. The minimum absolute atomic E-state index is 0.1000. The van der Waals surface area contributed by atoms with Gasteiger partial charge in [-0.1, -0.05) is 57.4 Å². The number of hydrogen-bond donors (Lipinski definition) is 1. The first-order chi connectivity index (χ1) is 10.1. The van der Waals surface area contributed by atoms with Crippen LogP contribution >= 0.6 is 0 Å². The van der Waals surface area contributed by atoms with Crippen LogP contribution in [0.25, 0.3) is 0 Å². The van der Waals surface area contributed by atoms with Gasteiger partial charge in [0.05, 0.1) is 6.10 Å². The fourth-order valence-electron chi connectivity index (χ4n) is 3.61. The van der Waals surface area contributed by atoms with Gasteiger partial charge in [0.15, 0.2) is 0 Å². The first-order valence-corrected chi connectivity index (χ1v) is 8.49. The van der Waals surface area contributed by atoms with Gasteiger partial charge >= 0.3 is 0 Å². The lowest BCUT2D eigenvalue weighted by molar-refractivity contribution is 0.0179. The molecule has 0 spiro atoms. The second kappa shape index (κ2) is 7.95. The molecule has 1 fully saturated rings. The summed E-state index contributed by atoms with van der Waals surface area (Å²) in [5, 5.41) is 0. The summed E-state index contributed by atoms with van der Waals surface area (Å²) in [6.45, 7) is 4.45. The van der Waals surface area contributed by atoms with Gasteiger partial charge in [0.1, 0.15) is 0 Å². The van der Waals surface area contributed by atoms with Crippen LogP contribution < -0.4 is 5.73 Å².